The molecule has 2 aliphatic heterocycles. The molecule has 9 nitrogen and oxygen atoms in total. The summed E-state index contributed by atoms with van der Waals surface area (Å²) in [7, 11) is 0. The molecule has 2 N–H and O–H groups in total. The zero-order valence-corrected chi connectivity index (χ0v) is 21.8. The number of carbonyl (C=O) groups excluding carboxylic acids is 1. The molecule has 212 valence electrons. The molecule has 2 fully saturated rings. The van der Waals surface area contributed by atoms with Crippen molar-refractivity contribution in [1.82, 2.24) is 9.97 Å². The predicted molar refractivity (Wildman–Crippen MR) is 140 cm³/mol. The Kier molecular flexibility index (Phi) is 7.92. The maximum Gasteiger partial charge on any atom is 0.416 e. The van der Waals surface area contributed by atoms with Gasteiger partial charge in [0.15, 0.2) is 0 Å². The highest BCUT2D eigenvalue weighted by Gasteiger charge is 2.34. The van der Waals surface area contributed by atoms with Crippen LogP contribution in [0.5, 0.6) is 5.88 Å². The summed E-state index contributed by atoms with van der Waals surface area (Å²) in [4.78, 5) is 23.8. The smallest absolute Gasteiger partial charge is 0.416 e. The van der Waals surface area contributed by atoms with Gasteiger partial charge in [0.25, 0.3) is 5.91 Å². The normalized spacial score (nSPS) is 17.4. The number of amides is 1. The van der Waals surface area contributed by atoms with E-state index in [0.29, 0.717) is 80.6 Å². The number of anilines is 2. The molecule has 12 heteroatoms. The summed E-state index contributed by atoms with van der Waals surface area (Å²) in [5.41, 5.74) is 1.97. The van der Waals surface area contributed by atoms with Crippen molar-refractivity contribution in [1.29, 1.82) is 0 Å². The number of aromatic nitrogens is 2. The Labute approximate surface area is 228 Å². The monoisotopic (exact) mass is 558 g/mol. The van der Waals surface area contributed by atoms with Gasteiger partial charge in [0, 0.05) is 54.5 Å². The summed E-state index contributed by atoms with van der Waals surface area (Å²) in [6.45, 7) is 4.83. The highest BCUT2D eigenvalue weighted by molar-refractivity contribution is 6.04. The number of nitrogens with one attached hydrogen (secondary N) is 1. The van der Waals surface area contributed by atoms with Crippen molar-refractivity contribution in [2.24, 2.45) is 0 Å². The summed E-state index contributed by atoms with van der Waals surface area (Å²) < 4.78 is 56.2. The Balaban J connectivity index is 1.44. The number of pyridine rings is 2. The number of aryl methyl sites for hydroxylation is 1. The van der Waals surface area contributed by atoms with Crippen molar-refractivity contribution in [3.8, 4) is 17.0 Å². The quantitative estimate of drug-likeness (QED) is 0.428. The first-order valence-corrected chi connectivity index (χ1v) is 12.9. The largest absolute Gasteiger partial charge is 0.444 e. The first kappa shape index (κ1) is 27.8. The second kappa shape index (κ2) is 11.4. The Hall–Kier alpha value is -3.74. The lowest BCUT2D eigenvalue weighted by Gasteiger charge is -2.35. The van der Waals surface area contributed by atoms with Gasteiger partial charge >= 0.3 is 6.18 Å². The number of carbonyl (C=O) groups is 1. The van der Waals surface area contributed by atoms with Gasteiger partial charge in [-0.3, -0.25) is 9.78 Å². The molecular weight excluding hydrogens is 529 g/mol. The van der Waals surface area contributed by atoms with Crippen molar-refractivity contribution in [2.45, 2.75) is 31.7 Å². The van der Waals surface area contributed by atoms with Gasteiger partial charge in [0.1, 0.15) is 5.69 Å². The lowest BCUT2D eigenvalue weighted by Crippen LogP contribution is -2.43. The first-order valence-electron chi connectivity index (χ1n) is 12.9. The first-order chi connectivity index (χ1) is 19.1. The van der Waals surface area contributed by atoms with E-state index >= 15 is 0 Å². The van der Waals surface area contributed by atoms with Gasteiger partial charge in [-0.05, 0) is 37.3 Å². The molecule has 0 saturated carbocycles. The standard InChI is InChI=1S/C28H29F3N4O5/c1-18-23(15-22(17-32-18)34-25(36)19-3-2-4-21(13-19)28(29,30)31)20-14-24(35-7-11-39-12-8-35)26(33-16-20)40-27(37)5-9-38-10-6-27/h2-4,13-17,37H,5-12H2,1H3,(H,34,36). The minimum absolute atomic E-state index is 0.124. The average Bonchev–Trinajstić information content (AvgIpc) is 2.94. The minimum atomic E-state index is -4.56. The molecule has 0 unspecified atom stereocenters. The Bertz CT molecular complexity index is 1370. The highest BCUT2D eigenvalue weighted by Crippen LogP contribution is 2.37. The fourth-order valence-electron chi connectivity index (χ4n) is 4.60. The third-order valence-electron chi connectivity index (χ3n) is 6.85. The van der Waals surface area contributed by atoms with E-state index in [1.165, 1.54) is 18.3 Å². The molecule has 3 aromatic rings. The summed E-state index contributed by atoms with van der Waals surface area (Å²) in [6, 6.07) is 7.81. The van der Waals surface area contributed by atoms with E-state index in [1.54, 1.807) is 19.2 Å². The topological polar surface area (TPSA) is 106 Å². The molecule has 0 spiro atoms. The molecule has 4 heterocycles. The number of halogens is 3. The van der Waals surface area contributed by atoms with Crippen LogP contribution < -0.4 is 15.0 Å². The molecule has 5 rings (SSSR count). The van der Waals surface area contributed by atoms with E-state index in [0.717, 1.165) is 12.1 Å². The summed E-state index contributed by atoms with van der Waals surface area (Å²) in [5.74, 6) is -1.79. The summed E-state index contributed by atoms with van der Waals surface area (Å²) >= 11 is 0. The third kappa shape index (κ3) is 6.35. The van der Waals surface area contributed by atoms with E-state index in [2.05, 4.69) is 20.2 Å². The molecule has 2 aromatic heterocycles. The molecule has 2 aliphatic rings. The van der Waals surface area contributed by atoms with Gasteiger partial charge in [-0.15, -0.1) is 0 Å². The minimum Gasteiger partial charge on any atom is -0.444 e. The lowest BCUT2D eigenvalue weighted by molar-refractivity contribution is -0.188. The van der Waals surface area contributed by atoms with Crippen molar-refractivity contribution < 1.29 is 37.3 Å². The molecular formula is C28H29F3N4O5. The molecule has 0 radical (unpaired) electrons. The molecule has 40 heavy (non-hydrogen) atoms. The second-order valence-corrected chi connectivity index (χ2v) is 9.70. The number of hydrogen-bond acceptors (Lipinski definition) is 8. The second-order valence-electron chi connectivity index (χ2n) is 9.70. The van der Waals surface area contributed by atoms with Gasteiger partial charge in [-0.1, -0.05) is 6.07 Å². The summed E-state index contributed by atoms with van der Waals surface area (Å²) in [5, 5.41) is 13.6. The number of ether oxygens (including phenoxy) is 3. The number of rotatable bonds is 6. The fourth-order valence-corrected chi connectivity index (χ4v) is 4.60. The Morgan fingerprint density at radius 3 is 2.50 bits per heavy atom. The Morgan fingerprint density at radius 2 is 1.77 bits per heavy atom. The zero-order chi connectivity index (χ0) is 28.3. The molecule has 0 aliphatic carbocycles. The van der Waals surface area contributed by atoms with Crippen LogP contribution in [0.3, 0.4) is 0 Å². The number of nitrogens with zero attached hydrogens (tertiary/aromatic N) is 3. The Morgan fingerprint density at radius 1 is 1.05 bits per heavy atom. The van der Waals surface area contributed by atoms with Crippen molar-refractivity contribution in [3.63, 3.8) is 0 Å². The van der Waals surface area contributed by atoms with Crippen molar-refractivity contribution in [2.75, 3.05) is 49.7 Å². The van der Waals surface area contributed by atoms with Crippen LogP contribution in [0.4, 0.5) is 24.5 Å². The maximum absolute atomic E-state index is 13.1. The van der Waals surface area contributed by atoms with Crippen LogP contribution >= 0.6 is 0 Å². The van der Waals surface area contributed by atoms with E-state index < -0.39 is 23.4 Å². The van der Waals surface area contributed by atoms with Crippen molar-refractivity contribution in [3.05, 3.63) is 65.6 Å². The maximum atomic E-state index is 13.1. The van der Waals surface area contributed by atoms with Gasteiger partial charge in [0.2, 0.25) is 11.7 Å². The van der Waals surface area contributed by atoms with Crippen LogP contribution in [0, 0.1) is 6.92 Å². The predicted octanol–water partition coefficient (Wildman–Crippen LogP) is 4.44. The SMILES string of the molecule is Cc1ncc(NC(=O)c2cccc(C(F)(F)F)c2)cc1-c1cnc(OC2(O)CCOCC2)c(N2CCOCC2)c1. The van der Waals surface area contributed by atoms with E-state index in [-0.39, 0.29) is 11.4 Å². The fraction of sp³-hybridized carbons (Fsp3) is 0.393. The third-order valence-corrected chi connectivity index (χ3v) is 6.85. The van der Waals surface area contributed by atoms with E-state index in [1.807, 2.05) is 6.07 Å². The molecule has 0 atom stereocenters. The number of alkyl halides is 3. The van der Waals surface area contributed by atoms with Gasteiger partial charge < -0.3 is 29.5 Å². The van der Waals surface area contributed by atoms with Gasteiger partial charge in [-0.25, -0.2) is 4.98 Å². The van der Waals surface area contributed by atoms with Crippen molar-refractivity contribution >= 4 is 17.3 Å². The van der Waals surface area contributed by atoms with Gasteiger partial charge in [-0.2, -0.15) is 13.2 Å². The van der Waals surface area contributed by atoms with E-state index in [4.69, 9.17) is 14.2 Å². The van der Waals surface area contributed by atoms with Crippen LogP contribution in [0.15, 0.2) is 48.8 Å². The number of morpholine rings is 1. The van der Waals surface area contributed by atoms with Crippen LogP contribution in [0.25, 0.3) is 11.1 Å². The molecule has 2 saturated heterocycles. The average molecular weight is 559 g/mol. The van der Waals surface area contributed by atoms with E-state index in [9.17, 15) is 23.1 Å². The number of benzene rings is 1. The van der Waals surface area contributed by atoms with Crippen LogP contribution in [0.1, 0.15) is 34.5 Å². The number of hydrogen-bond donors (Lipinski definition) is 2. The van der Waals surface area contributed by atoms with Crippen LogP contribution in [-0.2, 0) is 15.7 Å². The van der Waals surface area contributed by atoms with Crippen LogP contribution in [-0.4, -0.2) is 66.3 Å². The number of aliphatic hydroxyl groups is 1. The molecule has 1 aromatic carbocycles. The van der Waals surface area contributed by atoms with Gasteiger partial charge in [0.05, 0.1) is 43.9 Å². The molecule has 1 amide bonds. The summed E-state index contributed by atoms with van der Waals surface area (Å²) in [6.07, 6.45) is -0.884. The lowest BCUT2D eigenvalue weighted by atomic mass is 10.0. The zero-order valence-electron chi connectivity index (χ0n) is 21.8. The molecule has 0 bridgehead atoms. The highest BCUT2D eigenvalue weighted by atomic mass is 19.4. The van der Waals surface area contributed by atoms with Crippen LogP contribution in [0.2, 0.25) is 0 Å².